The molecule has 0 bridgehead atoms. The summed E-state index contributed by atoms with van der Waals surface area (Å²) >= 11 is 0. The van der Waals surface area contributed by atoms with Crippen LogP contribution in [0.3, 0.4) is 0 Å². The molecule has 0 saturated carbocycles. The Hall–Kier alpha value is -3.27. The Balaban J connectivity index is 2.04. The maximum Gasteiger partial charge on any atom is 0.220 e. The molecule has 4 heteroatoms. The van der Waals surface area contributed by atoms with Gasteiger partial charge in [-0.2, -0.15) is 0 Å². The molecule has 0 spiro atoms. The van der Waals surface area contributed by atoms with Gasteiger partial charge in [0, 0.05) is 13.0 Å². The van der Waals surface area contributed by atoms with Gasteiger partial charge >= 0.3 is 0 Å². The van der Waals surface area contributed by atoms with Gasteiger partial charge < -0.3 is 15.2 Å². The van der Waals surface area contributed by atoms with Gasteiger partial charge in [-0.05, 0) is 62.6 Å². The molecule has 4 nitrogen and oxygen atoms in total. The number of allylic oxidation sites excluding steroid dienone is 12. The van der Waals surface area contributed by atoms with Crippen molar-refractivity contribution in [3.05, 3.63) is 96.7 Å². The molecule has 2 N–H and O–H groups in total. The van der Waals surface area contributed by atoms with Gasteiger partial charge in [0.05, 0.1) is 7.11 Å². The summed E-state index contributed by atoms with van der Waals surface area (Å²) in [5, 5.41) is 12.5. The first-order valence-electron chi connectivity index (χ1n) is 12.2. The Labute approximate surface area is 206 Å². The van der Waals surface area contributed by atoms with E-state index in [1.54, 1.807) is 18.2 Å². The summed E-state index contributed by atoms with van der Waals surface area (Å²) in [6.45, 7) is 2.57. The van der Waals surface area contributed by atoms with Gasteiger partial charge in [0.1, 0.15) is 0 Å². The average Bonchev–Trinajstić information content (AvgIpc) is 2.85. The second-order valence-corrected chi connectivity index (χ2v) is 7.74. The molecule has 1 aromatic rings. The van der Waals surface area contributed by atoms with Crippen molar-refractivity contribution in [1.82, 2.24) is 5.32 Å². The number of aromatic hydroxyl groups is 1. The summed E-state index contributed by atoms with van der Waals surface area (Å²) in [5.74, 6) is 0.506. The van der Waals surface area contributed by atoms with Crippen LogP contribution in [0, 0.1) is 0 Å². The molecule has 184 valence electrons. The Morgan fingerprint density at radius 2 is 1.32 bits per heavy atom. The van der Waals surface area contributed by atoms with Crippen molar-refractivity contribution in [2.24, 2.45) is 0 Å². The van der Waals surface area contributed by atoms with Crippen molar-refractivity contribution in [3.8, 4) is 11.5 Å². The Morgan fingerprint density at radius 1 is 0.824 bits per heavy atom. The van der Waals surface area contributed by atoms with Crippen LogP contribution < -0.4 is 10.1 Å². The van der Waals surface area contributed by atoms with Gasteiger partial charge in [-0.25, -0.2) is 0 Å². The minimum absolute atomic E-state index is 0.00608. The summed E-state index contributed by atoms with van der Waals surface area (Å²) in [5.41, 5.74) is 0.886. The highest BCUT2D eigenvalue weighted by molar-refractivity contribution is 5.76. The first-order valence-corrected chi connectivity index (χ1v) is 12.2. The van der Waals surface area contributed by atoms with Crippen LogP contribution in [0.4, 0.5) is 0 Å². The molecule has 1 amide bonds. The van der Waals surface area contributed by atoms with E-state index >= 15 is 0 Å². The monoisotopic (exact) mass is 463 g/mol. The van der Waals surface area contributed by atoms with E-state index in [1.807, 2.05) is 6.08 Å². The van der Waals surface area contributed by atoms with Crippen LogP contribution >= 0.6 is 0 Å². The summed E-state index contributed by atoms with van der Waals surface area (Å²) in [6, 6.07) is 5.06. The highest BCUT2D eigenvalue weighted by Gasteiger charge is 2.04. The van der Waals surface area contributed by atoms with E-state index < -0.39 is 0 Å². The standard InChI is InChI=1S/C30H41NO3/c1-3-4-5-6-7-8-9-10-11-12-13-14-15-16-17-18-19-20-21-22-30(33)31-26-27-23-24-28(32)29(25-27)34-2/h4-5,7-8,10-11,13-14,16-17,19-20,23-25,32H,3,6,9,12,15,18,21-22,26H2,1-2H3,(H,31,33)/b5-4+,8-7+,11-10+,14-13+,17-16+,20-19+. The normalized spacial score (nSPS) is 12.4. The summed E-state index contributed by atoms with van der Waals surface area (Å²) in [6.07, 6.45) is 33.1. The molecular formula is C30H41NO3. The second kappa shape index (κ2) is 20.3. The van der Waals surface area contributed by atoms with Crippen LogP contribution in [-0.2, 0) is 11.3 Å². The van der Waals surface area contributed by atoms with Crippen molar-refractivity contribution >= 4 is 5.91 Å². The van der Waals surface area contributed by atoms with Crippen LogP contribution in [0.2, 0.25) is 0 Å². The molecule has 0 heterocycles. The molecule has 34 heavy (non-hydrogen) atoms. The van der Waals surface area contributed by atoms with Gasteiger partial charge in [0.2, 0.25) is 5.91 Å². The zero-order valence-corrected chi connectivity index (χ0v) is 20.8. The third-order valence-corrected chi connectivity index (χ3v) is 4.87. The van der Waals surface area contributed by atoms with Gasteiger partial charge in [0.25, 0.3) is 0 Å². The van der Waals surface area contributed by atoms with Gasteiger partial charge in [-0.3, -0.25) is 4.79 Å². The fraction of sp³-hybridized carbons (Fsp3) is 0.367. The number of hydrogen-bond donors (Lipinski definition) is 2. The number of carbonyl (C=O) groups excluding carboxylic acids is 1. The second-order valence-electron chi connectivity index (χ2n) is 7.74. The summed E-state index contributed by atoms with van der Waals surface area (Å²) in [4.78, 5) is 12.0. The largest absolute Gasteiger partial charge is 0.504 e. The van der Waals surface area contributed by atoms with Gasteiger partial charge in [-0.1, -0.05) is 85.9 Å². The molecule has 0 aliphatic heterocycles. The van der Waals surface area contributed by atoms with Crippen molar-refractivity contribution in [2.75, 3.05) is 7.11 Å². The lowest BCUT2D eigenvalue weighted by Gasteiger charge is -2.08. The van der Waals surface area contributed by atoms with Gasteiger partial charge in [-0.15, -0.1) is 0 Å². The molecule has 0 unspecified atom stereocenters. The van der Waals surface area contributed by atoms with Crippen LogP contribution in [0.15, 0.2) is 91.1 Å². The van der Waals surface area contributed by atoms with E-state index in [1.165, 1.54) is 7.11 Å². The van der Waals surface area contributed by atoms with Crippen molar-refractivity contribution < 1.29 is 14.6 Å². The number of ether oxygens (including phenoxy) is 1. The van der Waals surface area contributed by atoms with Crippen LogP contribution in [-0.4, -0.2) is 18.1 Å². The van der Waals surface area contributed by atoms with Crippen LogP contribution in [0.1, 0.15) is 63.9 Å². The highest BCUT2D eigenvalue weighted by atomic mass is 16.5. The predicted octanol–water partition coefficient (Wildman–Crippen LogP) is 7.49. The molecule has 0 aliphatic rings. The van der Waals surface area contributed by atoms with E-state index in [2.05, 4.69) is 79.1 Å². The number of carbonyl (C=O) groups is 1. The molecule has 0 atom stereocenters. The zero-order valence-electron chi connectivity index (χ0n) is 20.8. The third kappa shape index (κ3) is 15.5. The number of hydrogen-bond acceptors (Lipinski definition) is 3. The predicted molar refractivity (Wildman–Crippen MR) is 144 cm³/mol. The quantitative estimate of drug-likeness (QED) is 0.235. The van der Waals surface area contributed by atoms with Crippen LogP contribution in [0.25, 0.3) is 0 Å². The first kappa shape index (κ1) is 28.8. The molecule has 0 aromatic heterocycles. The summed E-state index contributed by atoms with van der Waals surface area (Å²) in [7, 11) is 1.50. The number of phenolic OH excluding ortho intramolecular Hbond substituents is 1. The molecule has 1 rings (SSSR count). The lowest BCUT2D eigenvalue weighted by atomic mass is 10.2. The fourth-order valence-electron chi connectivity index (χ4n) is 2.98. The Morgan fingerprint density at radius 3 is 1.82 bits per heavy atom. The zero-order chi connectivity index (χ0) is 24.7. The molecule has 1 aromatic carbocycles. The van der Waals surface area contributed by atoms with Crippen molar-refractivity contribution in [1.29, 1.82) is 0 Å². The fourth-order valence-corrected chi connectivity index (χ4v) is 2.98. The van der Waals surface area contributed by atoms with E-state index in [-0.39, 0.29) is 11.7 Å². The minimum Gasteiger partial charge on any atom is -0.504 e. The lowest BCUT2D eigenvalue weighted by molar-refractivity contribution is -0.121. The number of rotatable bonds is 17. The lowest BCUT2D eigenvalue weighted by Crippen LogP contribution is -2.22. The molecule has 0 radical (unpaired) electrons. The van der Waals surface area contributed by atoms with Crippen molar-refractivity contribution in [2.45, 2.75) is 64.8 Å². The molecule has 0 aliphatic carbocycles. The number of nitrogens with one attached hydrogen (secondary N) is 1. The Bertz CT molecular complexity index is 860. The SMILES string of the molecule is CC/C=C/C/C=C/C/C=C/C/C=C/C/C=C/C/C=C/CCC(=O)NCc1ccc(O)c(OC)c1. The molecule has 0 saturated heterocycles. The van der Waals surface area contributed by atoms with Gasteiger partial charge in [0.15, 0.2) is 11.5 Å². The number of benzene rings is 1. The molecule has 0 fully saturated rings. The molecular weight excluding hydrogens is 422 g/mol. The van der Waals surface area contributed by atoms with E-state index in [4.69, 9.17) is 4.74 Å². The van der Waals surface area contributed by atoms with E-state index in [9.17, 15) is 9.90 Å². The summed E-state index contributed by atoms with van der Waals surface area (Å²) < 4.78 is 5.08. The first-order chi connectivity index (χ1) is 16.7. The van der Waals surface area contributed by atoms with E-state index in [0.717, 1.165) is 50.5 Å². The minimum atomic E-state index is 0.00608. The van der Waals surface area contributed by atoms with Crippen molar-refractivity contribution in [3.63, 3.8) is 0 Å². The smallest absolute Gasteiger partial charge is 0.220 e. The Kier molecular flexibility index (Phi) is 17.2. The maximum atomic E-state index is 12.0. The van der Waals surface area contributed by atoms with Crippen LogP contribution in [0.5, 0.6) is 11.5 Å². The number of phenols is 1. The highest BCUT2D eigenvalue weighted by Crippen LogP contribution is 2.26. The number of amides is 1. The van der Waals surface area contributed by atoms with E-state index in [0.29, 0.717) is 18.7 Å². The third-order valence-electron chi connectivity index (χ3n) is 4.87. The maximum absolute atomic E-state index is 12.0. The topological polar surface area (TPSA) is 58.6 Å². The number of methoxy groups -OCH3 is 1. The average molecular weight is 464 g/mol.